The molecule has 0 amide bonds. The van der Waals surface area contributed by atoms with Gasteiger partial charge in [-0.1, -0.05) is 60.7 Å². The van der Waals surface area contributed by atoms with Gasteiger partial charge >= 0.3 is 11.9 Å². The van der Waals surface area contributed by atoms with E-state index < -0.39 is 35.6 Å². The van der Waals surface area contributed by atoms with Crippen molar-refractivity contribution in [3.05, 3.63) is 71.8 Å². The van der Waals surface area contributed by atoms with Crippen LogP contribution in [0.4, 0.5) is 0 Å². The van der Waals surface area contributed by atoms with E-state index in [1.807, 2.05) is 60.7 Å². The first kappa shape index (κ1) is 20.0. The predicted octanol–water partition coefficient (Wildman–Crippen LogP) is 1.94. The molecule has 1 aliphatic rings. The summed E-state index contributed by atoms with van der Waals surface area (Å²) in [4.78, 5) is 25.2. The van der Waals surface area contributed by atoms with Crippen LogP contribution in [0.3, 0.4) is 0 Å². The van der Waals surface area contributed by atoms with Gasteiger partial charge < -0.3 is 19.7 Å². The molecule has 4 atom stereocenters. The van der Waals surface area contributed by atoms with Crippen molar-refractivity contribution in [2.24, 2.45) is 23.7 Å². The summed E-state index contributed by atoms with van der Waals surface area (Å²) in [5.74, 6) is -3.82. The Balaban J connectivity index is 1.64. The van der Waals surface area contributed by atoms with Crippen LogP contribution in [0.2, 0.25) is 0 Å². The minimum absolute atomic E-state index is 0.0872. The number of esters is 2. The van der Waals surface area contributed by atoms with E-state index in [1.165, 1.54) is 0 Å². The number of carbonyl (C=O) groups is 2. The van der Waals surface area contributed by atoms with Gasteiger partial charge in [-0.3, -0.25) is 9.59 Å². The third-order valence-corrected chi connectivity index (χ3v) is 5.27. The summed E-state index contributed by atoms with van der Waals surface area (Å²) < 4.78 is 10.7. The van der Waals surface area contributed by atoms with Crippen LogP contribution in [0, 0.1) is 23.7 Å². The Kier molecular flexibility index (Phi) is 6.79. The molecule has 0 spiro atoms. The van der Waals surface area contributed by atoms with Gasteiger partial charge in [-0.15, -0.1) is 0 Å². The molecule has 0 heterocycles. The van der Waals surface area contributed by atoms with Gasteiger partial charge in [-0.25, -0.2) is 0 Å². The number of benzene rings is 2. The maximum absolute atomic E-state index is 12.6. The van der Waals surface area contributed by atoms with E-state index >= 15 is 0 Å². The first-order chi connectivity index (χ1) is 13.7. The minimum Gasteiger partial charge on any atom is -0.461 e. The third-order valence-electron chi connectivity index (χ3n) is 5.27. The summed E-state index contributed by atoms with van der Waals surface area (Å²) in [6.45, 7) is -0.439. The molecule has 0 aliphatic heterocycles. The molecule has 2 N–H and O–H groups in total. The van der Waals surface area contributed by atoms with Gasteiger partial charge in [0.05, 0.1) is 11.8 Å². The van der Waals surface area contributed by atoms with Crippen molar-refractivity contribution < 1.29 is 29.3 Å². The number of ether oxygens (including phenoxy) is 2. The highest BCUT2D eigenvalue weighted by Gasteiger charge is 2.58. The first-order valence-electron chi connectivity index (χ1n) is 9.28. The summed E-state index contributed by atoms with van der Waals surface area (Å²) in [5, 5.41) is 19.3. The fourth-order valence-electron chi connectivity index (χ4n) is 3.71. The normalized spacial score (nSPS) is 23.5. The molecule has 0 saturated heterocycles. The van der Waals surface area contributed by atoms with E-state index in [2.05, 4.69) is 0 Å². The molecule has 6 nitrogen and oxygen atoms in total. The fourth-order valence-corrected chi connectivity index (χ4v) is 3.71. The zero-order chi connectivity index (χ0) is 19.9. The Morgan fingerprint density at radius 3 is 1.36 bits per heavy atom. The number of hydrogen-bond acceptors (Lipinski definition) is 6. The molecule has 2 aromatic carbocycles. The van der Waals surface area contributed by atoms with Crippen LogP contribution in [0.5, 0.6) is 0 Å². The Bertz CT molecular complexity index is 709. The lowest BCUT2D eigenvalue weighted by Gasteiger charge is -2.47. The molecule has 2 aromatic rings. The predicted molar refractivity (Wildman–Crippen MR) is 101 cm³/mol. The number of rotatable bonds is 8. The fraction of sp³-hybridized carbons (Fsp3) is 0.364. The molecule has 1 saturated carbocycles. The van der Waals surface area contributed by atoms with Crippen molar-refractivity contribution in [3.63, 3.8) is 0 Å². The molecule has 1 aliphatic carbocycles. The lowest BCUT2D eigenvalue weighted by atomic mass is 9.57. The molecule has 0 bridgehead atoms. The Labute approximate surface area is 163 Å². The molecule has 1 fully saturated rings. The number of hydrogen-bond donors (Lipinski definition) is 2. The second-order valence-corrected chi connectivity index (χ2v) is 6.93. The van der Waals surface area contributed by atoms with Crippen molar-refractivity contribution in [2.45, 2.75) is 13.2 Å². The maximum atomic E-state index is 12.6. The quantitative estimate of drug-likeness (QED) is 0.676. The van der Waals surface area contributed by atoms with Crippen LogP contribution in [-0.2, 0) is 32.3 Å². The van der Waals surface area contributed by atoms with E-state index in [1.54, 1.807) is 0 Å². The molecular formula is C22H24O6. The van der Waals surface area contributed by atoms with E-state index in [-0.39, 0.29) is 26.4 Å². The third kappa shape index (κ3) is 4.40. The van der Waals surface area contributed by atoms with Crippen molar-refractivity contribution in [2.75, 3.05) is 13.2 Å². The average molecular weight is 384 g/mol. The van der Waals surface area contributed by atoms with Crippen molar-refractivity contribution in [3.8, 4) is 0 Å². The van der Waals surface area contributed by atoms with Gasteiger partial charge in [-0.2, -0.15) is 0 Å². The zero-order valence-corrected chi connectivity index (χ0v) is 15.4. The van der Waals surface area contributed by atoms with Gasteiger partial charge in [-0.05, 0) is 11.1 Å². The Morgan fingerprint density at radius 2 is 1.04 bits per heavy atom. The molecule has 6 heteroatoms. The average Bonchev–Trinajstić information content (AvgIpc) is 2.72. The van der Waals surface area contributed by atoms with Gasteiger partial charge in [0.25, 0.3) is 0 Å². The number of aliphatic hydroxyl groups is 2. The standard InChI is InChI=1S/C22H24O6/c23-11-17-18(12-24)20(22(26)28-14-16-9-5-2-6-10-16)19(17)21(25)27-13-15-7-3-1-4-8-15/h1-10,17-20,23-24H,11-14H2/t17-,18-,19-,20-/m0/s1. The van der Waals surface area contributed by atoms with Crippen molar-refractivity contribution in [1.29, 1.82) is 0 Å². The second-order valence-electron chi connectivity index (χ2n) is 6.93. The van der Waals surface area contributed by atoms with E-state index in [0.717, 1.165) is 11.1 Å². The lowest BCUT2D eigenvalue weighted by molar-refractivity contribution is -0.189. The van der Waals surface area contributed by atoms with Gasteiger partial charge in [0, 0.05) is 25.0 Å². The Hall–Kier alpha value is -2.70. The monoisotopic (exact) mass is 384 g/mol. The smallest absolute Gasteiger partial charge is 0.310 e. The van der Waals surface area contributed by atoms with E-state index in [9.17, 15) is 19.8 Å². The number of carbonyl (C=O) groups excluding carboxylic acids is 2. The Morgan fingerprint density at radius 1 is 0.679 bits per heavy atom. The first-order valence-corrected chi connectivity index (χ1v) is 9.28. The van der Waals surface area contributed by atoms with Gasteiger partial charge in [0.2, 0.25) is 0 Å². The molecule has 28 heavy (non-hydrogen) atoms. The van der Waals surface area contributed by atoms with E-state index in [0.29, 0.717) is 0 Å². The summed E-state index contributed by atoms with van der Waals surface area (Å²) >= 11 is 0. The van der Waals surface area contributed by atoms with Crippen LogP contribution in [0.15, 0.2) is 60.7 Å². The molecular weight excluding hydrogens is 360 g/mol. The number of aliphatic hydroxyl groups excluding tert-OH is 2. The highest BCUT2D eigenvalue weighted by molar-refractivity contribution is 5.85. The van der Waals surface area contributed by atoms with Crippen molar-refractivity contribution >= 4 is 11.9 Å². The summed E-state index contributed by atoms with van der Waals surface area (Å²) in [6.07, 6.45) is 0. The molecule has 0 radical (unpaired) electrons. The van der Waals surface area contributed by atoms with Crippen LogP contribution in [0.1, 0.15) is 11.1 Å². The largest absolute Gasteiger partial charge is 0.461 e. The van der Waals surface area contributed by atoms with Gasteiger partial charge in [0.1, 0.15) is 13.2 Å². The van der Waals surface area contributed by atoms with Crippen LogP contribution in [-0.4, -0.2) is 35.4 Å². The maximum Gasteiger partial charge on any atom is 0.310 e. The SMILES string of the molecule is O=C(OCc1ccccc1)[C@H]1[C@@H](CO)[C@H](CO)[C@@H]1C(=O)OCc1ccccc1. The van der Waals surface area contributed by atoms with Crippen LogP contribution in [0.25, 0.3) is 0 Å². The second kappa shape index (κ2) is 9.48. The van der Waals surface area contributed by atoms with E-state index in [4.69, 9.17) is 9.47 Å². The lowest BCUT2D eigenvalue weighted by Crippen LogP contribution is -2.57. The highest BCUT2D eigenvalue weighted by Crippen LogP contribution is 2.47. The summed E-state index contributed by atoms with van der Waals surface area (Å²) in [7, 11) is 0. The minimum atomic E-state index is -0.825. The molecule has 0 aromatic heterocycles. The topological polar surface area (TPSA) is 93.1 Å². The molecule has 0 unspecified atom stereocenters. The van der Waals surface area contributed by atoms with Gasteiger partial charge in [0.15, 0.2) is 0 Å². The summed E-state index contributed by atoms with van der Waals surface area (Å²) in [6, 6.07) is 18.4. The summed E-state index contributed by atoms with van der Waals surface area (Å²) in [5.41, 5.74) is 1.66. The highest BCUT2D eigenvalue weighted by atomic mass is 16.5. The molecule has 3 rings (SSSR count). The van der Waals surface area contributed by atoms with Crippen LogP contribution < -0.4 is 0 Å². The zero-order valence-electron chi connectivity index (χ0n) is 15.4. The molecule has 148 valence electrons. The van der Waals surface area contributed by atoms with Crippen molar-refractivity contribution in [1.82, 2.24) is 0 Å². The van der Waals surface area contributed by atoms with Crippen LogP contribution >= 0.6 is 0 Å².